The minimum Gasteiger partial charge on any atom is -0.269 e. The van der Waals surface area contributed by atoms with E-state index in [0.717, 1.165) is 20.6 Å². The number of nitrogens with zero attached hydrogens (tertiary/aromatic N) is 1. The maximum Gasteiger partial charge on any atom is 0.257 e. The summed E-state index contributed by atoms with van der Waals surface area (Å²) in [7, 11) is 0. The molecule has 2 aromatic heterocycles. The molecule has 0 fully saturated rings. The third-order valence-corrected chi connectivity index (χ3v) is 3.44. The van der Waals surface area contributed by atoms with Crippen LogP contribution >= 0.6 is 11.3 Å². The second-order valence-electron chi connectivity index (χ2n) is 3.57. The number of para-hydroxylation sites is 1. The lowest BCUT2D eigenvalue weighted by Crippen LogP contribution is -2.09. The van der Waals surface area contributed by atoms with E-state index in [1.165, 1.54) is 0 Å². The van der Waals surface area contributed by atoms with E-state index in [-0.39, 0.29) is 5.56 Å². The number of hydrogen-bond acceptors (Lipinski definition) is 2. The quantitative estimate of drug-likeness (QED) is 0.565. The average molecular weight is 215 g/mol. The zero-order chi connectivity index (χ0) is 10.4. The molecule has 0 aliphatic heterocycles. The van der Waals surface area contributed by atoms with Crippen LogP contribution in [0, 0.1) is 6.92 Å². The van der Waals surface area contributed by atoms with Gasteiger partial charge in [-0.2, -0.15) is 0 Å². The largest absolute Gasteiger partial charge is 0.269 e. The highest BCUT2D eigenvalue weighted by Gasteiger charge is 2.05. The fourth-order valence-electron chi connectivity index (χ4n) is 1.86. The average Bonchev–Trinajstić information content (AvgIpc) is 2.54. The summed E-state index contributed by atoms with van der Waals surface area (Å²) >= 11 is 1.64. The Labute approximate surface area is 90.4 Å². The van der Waals surface area contributed by atoms with E-state index < -0.39 is 0 Å². The van der Waals surface area contributed by atoms with Crippen LogP contribution in [0.4, 0.5) is 0 Å². The van der Waals surface area contributed by atoms with Gasteiger partial charge in [-0.05, 0) is 19.1 Å². The molecule has 15 heavy (non-hydrogen) atoms. The Balaban J connectivity index is 2.67. The molecule has 3 rings (SSSR count). The van der Waals surface area contributed by atoms with Crippen molar-refractivity contribution in [1.82, 2.24) is 4.40 Å². The standard InChI is InChI=1S/C12H9NOS/c1-8-6-11(14)13-10-5-3-2-4-9(10)7-12(13)15-8/h2-7H,1H3. The molecule has 0 atom stereocenters. The monoisotopic (exact) mass is 215 g/mol. The van der Waals surface area contributed by atoms with Crippen molar-refractivity contribution >= 4 is 27.1 Å². The lowest BCUT2D eigenvalue weighted by Gasteiger charge is -1.95. The predicted molar refractivity (Wildman–Crippen MR) is 63.8 cm³/mol. The van der Waals surface area contributed by atoms with Crippen LogP contribution in [0.2, 0.25) is 0 Å². The molecule has 0 bridgehead atoms. The van der Waals surface area contributed by atoms with Crippen LogP contribution in [-0.2, 0) is 0 Å². The van der Waals surface area contributed by atoms with Crippen molar-refractivity contribution < 1.29 is 0 Å². The van der Waals surface area contributed by atoms with Gasteiger partial charge in [-0.3, -0.25) is 9.20 Å². The number of aromatic nitrogens is 1. The Morgan fingerprint density at radius 2 is 2.00 bits per heavy atom. The van der Waals surface area contributed by atoms with E-state index >= 15 is 0 Å². The highest BCUT2D eigenvalue weighted by molar-refractivity contribution is 7.17. The smallest absolute Gasteiger partial charge is 0.257 e. The number of benzene rings is 1. The van der Waals surface area contributed by atoms with Gasteiger partial charge in [0.15, 0.2) is 0 Å². The Kier molecular flexibility index (Phi) is 1.70. The van der Waals surface area contributed by atoms with Gasteiger partial charge in [-0.1, -0.05) is 18.2 Å². The van der Waals surface area contributed by atoms with Crippen LogP contribution in [0.5, 0.6) is 0 Å². The summed E-state index contributed by atoms with van der Waals surface area (Å²) in [5.41, 5.74) is 1.05. The van der Waals surface area contributed by atoms with Gasteiger partial charge < -0.3 is 0 Å². The Morgan fingerprint density at radius 1 is 1.20 bits per heavy atom. The SMILES string of the molecule is Cc1cc(=O)n2c(cc3ccccc32)s1. The molecule has 2 nitrogen and oxygen atoms in total. The molecule has 0 saturated heterocycles. The Hall–Kier alpha value is -1.61. The third-order valence-electron chi connectivity index (χ3n) is 2.49. The van der Waals surface area contributed by atoms with Crippen molar-refractivity contribution in [2.45, 2.75) is 6.92 Å². The number of rotatable bonds is 0. The summed E-state index contributed by atoms with van der Waals surface area (Å²) in [5, 5.41) is 1.12. The number of aryl methyl sites for hydroxylation is 1. The van der Waals surface area contributed by atoms with E-state index in [9.17, 15) is 4.79 Å². The van der Waals surface area contributed by atoms with Crippen LogP contribution in [0.25, 0.3) is 15.7 Å². The molecule has 0 amide bonds. The molecule has 2 heterocycles. The molecular formula is C12H9NOS. The lowest BCUT2D eigenvalue weighted by atomic mass is 10.2. The summed E-state index contributed by atoms with van der Waals surface area (Å²) in [6, 6.07) is 11.7. The Bertz CT molecular complexity index is 708. The molecule has 0 N–H and O–H groups in total. The summed E-state index contributed by atoms with van der Waals surface area (Å²) in [5.74, 6) is 0. The molecule has 0 unspecified atom stereocenters. The molecule has 3 heteroatoms. The number of hydrogen-bond donors (Lipinski definition) is 0. The topological polar surface area (TPSA) is 21.5 Å². The van der Waals surface area contributed by atoms with E-state index in [1.807, 2.05) is 31.2 Å². The van der Waals surface area contributed by atoms with Gasteiger partial charge in [0, 0.05) is 16.3 Å². The minimum atomic E-state index is 0.0578. The van der Waals surface area contributed by atoms with Crippen LogP contribution in [0.3, 0.4) is 0 Å². The van der Waals surface area contributed by atoms with Crippen LogP contribution in [-0.4, -0.2) is 4.40 Å². The first-order valence-electron chi connectivity index (χ1n) is 4.77. The van der Waals surface area contributed by atoms with E-state index in [4.69, 9.17) is 0 Å². The van der Waals surface area contributed by atoms with Gasteiger partial charge in [0.1, 0.15) is 4.83 Å². The lowest BCUT2D eigenvalue weighted by molar-refractivity contribution is 1.18. The van der Waals surface area contributed by atoms with Crippen molar-refractivity contribution in [3.63, 3.8) is 0 Å². The molecule has 0 spiro atoms. The normalized spacial score (nSPS) is 11.3. The molecule has 0 saturated carbocycles. The van der Waals surface area contributed by atoms with E-state index in [2.05, 4.69) is 6.07 Å². The summed E-state index contributed by atoms with van der Waals surface area (Å²) < 4.78 is 1.77. The first kappa shape index (κ1) is 8.68. The fraction of sp³-hybridized carbons (Fsp3) is 0.0833. The molecule has 74 valence electrons. The molecule has 1 aromatic carbocycles. The van der Waals surface area contributed by atoms with Gasteiger partial charge >= 0.3 is 0 Å². The van der Waals surface area contributed by atoms with Crippen LogP contribution in [0.1, 0.15) is 4.88 Å². The minimum absolute atomic E-state index is 0.0578. The predicted octanol–water partition coefficient (Wildman–Crippen LogP) is 2.82. The molecular weight excluding hydrogens is 206 g/mol. The van der Waals surface area contributed by atoms with Gasteiger partial charge in [0.25, 0.3) is 5.56 Å². The zero-order valence-corrected chi connectivity index (χ0v) is 9.04. The summed E-state index contributed by atoms with van der Waals surface area (Å²) in [6.45, 7) is 1.96. The molecule has 0 radical (unpaired) electrons. The molecule has 0 aliphatic rings. The highest BCUT2D eigenvalue weighted by Crippen LogP contribution is 2.22. The zero-order valence-electron chi connectivity index (χ0n) is 8.23. The Morgan fingerprint density at radius 3 is 2.87 bits per heavy atom. The van der Waals surface area contributed by atoms with Crippen LogP contribution in [0.15, 0.2) is 41.2 Å². The van der Waals surface area contributed by atoms with Gasteiger partial charge in [0.05, 0.1) is 5.52 Å². The van der Waals surface area contributed by atoms with E-state index in [0.29, 0.717) is 0 Å². The second-order valence-corrected chi connectivity index (χ2v) is 4.84. The first-order valence-corrected chi connectivity index (χ1v) is 5.58. The van der Waals surface area contributed by atoms with E-state index in [1.54, 1.807) is 21.8 Å². The third kappa shape index (κ3) is 1.20. The van der Waals surface area contributed by atoms with Crippen LogP contribution < -0.4 is 5.56 Å². The maximum atomic E-state index is 11.8. The van der Waals surface area contributed by atoms with Gasteiger partial charge in [-0.15, -0.1) is 11.3 Å². The molecule has 3 aromatic rings. The molecule has 0 aliphatic carbocycles. The van der Waals surface area contributed by atoms with Crippen molar-refractivity contribution in [3.8, 4) is 0 Å². The highest BCUT2D eigenvalue weighted by atomic mass is 32.1. The van der Waals surface area contributed by atoms with Crippen molar-refractivity contribution in [2.75, 3.05) is 0 Å². The van der Waals surface area contributed by atoms with Crippen molar-refractivity contribution in [2.24, 2.45) is 0 Å². The van der Waals surface area contributed by atoms with Crippen molar-refractivity contribution in [3.05, 3.63) is 51.6 Å². The summed E-state index contributed by atoms with van der Waals surface area (Å²) in [6.07, 6.45) is 0. The maximum absolute atomic E-state index is 11.8. The second kappa shape index (κ2) is 2.94. The van der Waals surface area contributed by atoms with Crippen molar-refractivity contribution in [1.29, 1.82) is 0 Å². The van der Waals surface area contributed by atoms with Gasteiger partial charge in [0.2, 0.25) is 0 Å². The first-order chi connectivity index (χ1) is 7.25. The fourth-order valence-corrected chi connectivity index (χ4v) is 2.82. The number of fused-ring (bicyclic) bond motifs is 3. The van der Waals surface area contributed by atoms with Gasteiger partial charge in [-0.25, -0.2) is 0 Å². The summed E-state index contributed by atoms with van der Waals surface area (Å²) in [4.78, 5) is 13.9.